The number of hydrogen-bond acceptors (Lipinski definition) is 1. The van der Waals surface area contributed by atoms with Gasteiger partial charge in [-0.25, -0.2) is 0 Å². The summed E-state index contributed by atoms with van der Waals surface area (Å²) in [5.74, 6) is 1.42. The van der Waals surface area contributed by atoms with Crippen molar-refractivity contribution in [1.29, 1.82) is 0 Å². The number of aliphatic hydroxyl groups is 1. The molecule has 0 heterocycles. The van der Waals surface area contributed by atoms with Crippen LogP contribution in [0.15, 0.2) is 0 Å². The van der Waals surface area contributed by atoms with Crippen LogP contribution in [-0.4, -0.2) is 12.2 Å². The zero-order valence-electron chi connectivity index (χ0n) is 4.95. The number of aliphatic hydroxyl groups excluding tert-OH is 1. The van der Waals surface area contributed by atoms with Crippen molar-refractivity contribution in [3.05, 3.63) is 5.92 Å². The van der Waals surface area contributed by atoms with Crippen molar-refractivity contribution < 1.29 is 5.11 Å². The normalized spacial score (nSPS) is 7.00. The molecule has 0 amide bonds. The molecule has 0 bridgehead atoms. The Labute approximate surface area is 40.0 Å². The molecule has 0 aromatic rings. The zero-order valence-corrected chi connectivity index (χ0v) is 4.95. The van der Waals surface area contributed by atoms with Crippen molar-refractivity contribution in [2.75, 3.05) is 7.11 Å². The molecule has 0 aromatic heterocycles. The maximum absolute atomic E-state index is 7.00. The van der Waals surface area contributed by atoms with Gasteiger partial charge in [-0.15, -0.1) is 0 Å². The van der Waals surface area contributed by atoms with E-state index in [0.29, 0.717) is 0 Å². The van der Waals surface area contributed by atoms with Gasteiger partial charge in [0.25, 0.3) is 0 Å². The fraction of sp³-hybridized carbons (Fsp3) is 0.800. The van der Waals surface area contributed by atoms with E-state index in [-0.39, 0.29) is 0 Å². The van der Waals surface area contributed by atoms with Crippen LogP contribution in [0.1, 0.15) is 20.8 Å². The summed E-state index contributed by atoms with van der Waals surface area (Å²) in [4.78, 5) is 0. The molecule has 0 saturated heterocycles. The minimum atomic E-state index is 1.00. The second-order valence-electron chi connectivity index (χ2n) is 1.50. The minimum Gasteiger partial charge on any atom is -0.400 e. The van der Waals surface area contributed by atoms with Crippen molar-refractivity contribution >= 4 is 0 Å². The largest absolute Gasteiger partial charge is 0.400 e. The molecule has 1 N–H and O–H groups in total. The van der Waals surface area contributed by atoms with Gasteiger partial charge in [0.1, 0.15) is 0 Å². The predicted molar refractivity (Wildman–Crippen MR) is 28.4 cm³/mol. The summed E-state index contributed by atoms with van der Waals surface area (Å²) in [5.41, 5.74) is 0. The highest BCUT2D eigenvalue weighted by atomic mass is 16.2. The third-order valence-electron chi connectivity index (χ3n) is 0. The molecule has 0 aliphatic heterocycles. The maximum Gasteiger partial charge on any atom is 0.0319 e. The van der Waals surface area contributed by atoms with E-state index in [1.165, 1.54) is 5.92 Å². The van der Waals surface area contributed by atoms with Crippen LogP contribution in [0.3, 0.4) is 0 Å². The first-order valence-corrected chi connectivity index (χ1v) is 1.95. The van der Waals surface area contributed by atoms with Gasteiger partial charge in [-0.2, -0.15) is 0 Å². The van der Waals surface area contributed by atoms with E-state index in [4.69, 9.17) is 5.11 Å². The molecule has 1 nitrogen and oxygen atoms in total. The fourth-order valence-corrected chi connectivity index (χ4v) is 0. The Morgan fingerprint density at radius 1 is 1.00 bits per heavy atom. The summed E-state index contributed by atoms with van der Waals surface area (Å²) in [6.45, 7) is 6.25. The van der Waals surface area contributed by atoms with E-state index in [1.54, 1.807) is 0 Å². The third-order valence-corrected chi connectivity index (χ3v) is 0. The molecule has 0 aromatic carbocycles. The quantitative estimate of drug-likeness (QED) is 0.473. The highest BCUT2D eigenvalue weighted by Crippen LogP contribution is 1.85. The van der Waals surface area contributed by atoms with Crippen LogP contribution >= 0.6 is 0 Å². The molecule has 0 spiro atoms. The second-order valence-corrected chi connectivity index (χ2v) is 1.50. The van der Waals surface area contributed by atoms with Crippen LogP contribution < -0.4 is 0 Å². The molecule has 0 aliphatic rings. The van der Waals surface area contributed by atoms with Crippen molar-refractivity contribution in [3.8, 4) is 0 Å². The van der Waals surface area contributed by atoms with Gasteiger partial charge >= 0.3 is 0 Å². The lowest BCUT2D eigenvalue weighted by atomic mass is 10.3. The summed E-state index contributed by atoms with van der Waals surface area (Å²) in [5, 5.41) is 7.00. The van der Waals surface area contributed by atoms with Crippen molar-refractivity contribution in [2.24, 2.45) is 0 Å². The average Bonchev–Trinajstić information content (AvgIpc) is 1.41. The molecule has 0 fully saturated rings. The first kappa shape index (κ1) is 9.35. The molecule has 0 unspecified atom stereocenters. The molecule has 0 saturated carbocycles. The second kappa shape index (κ2) is 8.88. The summed E-state index contributed by atoms with van der Waals surface area (Å²) in [7, 11) is 1.00. The third kappa shape index (κ3) is 21700. The van der Waals surface area contributed by atoms with Gasteiger partial charge in [0.05, 0.1) is 0 Å². The lowest BCUT2D eigenvalue weighted by Gasteiger charge is -1.78. The van der Waals surface area contributed by atoms with Crippen molar-refractivity contribution in [2.45, 2.75) is 20.8 Å². The summed E-state index contributed by atoms with van der Waals surface area (Å²) >= 11 is 0. The Balaban J connectivity index is 0. The topological polar surface area (TPSA) is 20.2 Å². The van der Waals surface area contributed by atoms with E-state index >= 15 is 0 Å². The number of hydrogen-bond donors (Lipinski definition) is 1. The fourth-order valence-electron chi connectivity index (χ4n) is 0. The lowest BCUT2D eigenvalue weighted by Crippen LogP contribution is -1.62. The Bertz CT molecular complexity index is 8.66. The lowest BCUT2D eigenvalue weighted by molar-refractivity contribution is 0.399. The van der Waals surface area contributed by atoms with E-state index in [0.717, 1.165) is 7.11 Å². The monoisotopic (exact) mass is 89.1 g/mol. The van der Waals surface area contributed by atoms with Crippen molar-refractivity contribution in [1.82, 2.24) is 0 Å². The summed E-state index contributed by atoms with van der Waals surface area (Å²) < 4.78 is 0. The van der Waals surface area contributed by atoms with Gasteiger partial charge in [0, 0.05) is 7.11 Å². The molecule has 39 valence electrons. The van der Waals surface area contributed by atoms with Gasteiger partial charge in [0.2, 0.25) is 0 Å². The maximum atomic E-state index is 7.00. The van der Waals surface area contributed by atoms with Crippen LogP contribution in [0.4, 0.5) is 0 Å². The molecular weight excluding hydrogens is 76.1 g/mol. The SMILES string of the molecule is CO.C[C](C)C. The molecule has 6 heavy (non-hydrogen) atoms. The van der Waals surface area contributed by atoms with E-state index < -0.39 is 0 Å². The van der Waals surface area contributed by atoms with Crippen LogP contribution in [0.5, 0.6) is 0 Å². The Kier molecular flexibility index (Phi) is 13.8. The highest BCUT2D eigenvalue weighted by Gasteiger charge is 1.69. The van der Waals surface area contributed by atoms with Gasteiger partial charge in [-0.05, 0) is 5.92 Å². The molecule has 1 radical (unpaired) electrons. The van der Waals surface area contributed by atoms with Gasteiger partial charge in [0.15, 0.2) is 0 Å². The smallest absolute Gasteiger partial charge is 0.0319 e. The Hall–Kier alpha value is -0.0400. The molecule has 0 atom stereocenters. The van der Waals surface area contributed by atoms with Gasteiger partial charge in [-0.1, -0.05) is 20.8 Å². The predicted octanol–water partition coefficient (Wildman–Crippen LogP) is 1.23. The van der Waals surface area contributed by atoms with Gasteiger partial charge in [-0.3, -0.25) is 0 Å². The van der Waals surface area contributed by atoms with Crippen molar-refractivity contribution in [3.63, 3.8) is 0 Å². The first-order valence-electron chi connectivity index (χ1n) is 1.95. The summed E-state index contributed by atoms with van der Waals surface area (Å²) in [6.07, 6.45) is 0. The number of rotatable bonds is 0. The summed E-state index contributed by atoms with van der Waals surface area (Å²) in [6, 6.07) is 0. The zero-order chi connectivity index (χ0) is 5.58. The molecule has 0 rings (SSSR count). The van der Waals surface area contributed by atoms with Gasteiger partial charge < -0.3 is 5.11 Å². The first-order chi connectivity index (χ1) is 2.73. The van der Waals surface area contributed by atoms with Crippen LogP contribution in [0, 0.1) is 5.92 Å². The standard InChI is InChI=1S/C4H9.CH4O/c1-4(2)3;1-2/h1-3H3;2H,1H3. The van der Waals surface area contributed by atoms with Crippen LogP contribution in [0.25, 0.3) is 0 Å². The minimum absolute atomic E-state index is 1.00. The van der Waals surface area contributed by atoms with E-state index in [1.807, 2.05) is 0 Å². The van der Waals surface area contributed by atoms with E-state index in [9.17, 15) is 0 Å². The van der Waals surface area contributed by atoms with E-state index in [2.05, 4.69) is 20.8 Å². The van der Waals surface area contributed by atoms with Crippen LogP contribution in [-0.2, 0) is 0 Å². The molecule has 0 aliphatic carbocycles. The Morgan fingerprint density at radius 2 is 1.00 bits per heavy atom. The average molecular weight is 89.2 g/mol. The molecular formula is C5H13O. The van der Waals surface area contributed by atoms with Crippen LogP contribution in [0.2, 0.25) is 0 Å². The Morgan fingerprint density at radius 3 is 1.00 bits per heavy atom. The molecule has 1 heteroatoms. The highest BCUT2D eigenvalue weighted by molar-refractivity contribution is 4.64.